The third-order valence-electron chi connectivity index (χ3n) is 5.93. The largest absolute Gasteiger partial charge is 0.478 e. The van der Waals surface area contributed by atoms with E-state index >= 15 is 0 Å². The van der Waals surface area contributed by atoms with Crippen LogP contribution in [-0.4, -0.2) is 46.0 Å². The summed E-state index contributed by atoms with van der Waals surface area (Å²) in [5.41, 5.74) is 5.09. The van der Waals surface area contributed by atoms with E-state index in [1.165, 1.54) is 11.1 Å². The zero-order valence-electron chi connectivity index (χ0n) is 17.5. The molecule has 0 saturated carbocycles. The van der Waals surface area contributed by atoms with Crippen LogP contribution in [0.5, 0.6) is 0 Å². The number of carbonyl (C=O) groups is 1. The van der Waals surface area contributed by atoms with Gasteiger partial charge in [0.25, 0.3) is 0 Å². The maximum absolute atomic E-state index is 11.1. The number of hydrogen-bond acceptors (Lipinski definition) is 4. The molecule has 1 aliphatic rings. The Hall–Kier alpha value is -2.89. The second-order valence-corrected chi connectivity index (χ2v) is 8.28. The van der Waals surface area contributed by atoms with Gasteiger partial charge in [0.2, 0.25) is 0 Å². The predicted octanol–water partition coefficient (Wildman–Crippen LogP) is 4.74. The van der Waals surface area contributed by atoms with E-state index in [4.69, 9.17) is 9.52 Å². The molecule has 5 heteroatoms. The minimum Gasteiger partial charge on any atom is -0.478 e. The molecule has 0 aliphatic carbocycles. The SMILES string of the molecule is C[C@@H]1CN(Cc2cccc(-c3ccoc3)c2)C[C@H](C)N1Cc1ccc(C(=O)O)cc1. The highest BCUT2D eigenvalue weighted by Crippen LogP contribution is 2.24. The molecule has 2 atom stereocenters. The van der Waals surface area contributed by atoms with Crippen LogP contribution < -0.4 is 0 Å². The molecule has 1 N–H and O–H groups in total. The summed E-state index contributed by atoms with van der Waals surface area (Å²) in [4.78, 5) is 16.1. The first-order valence-corrected chi connectivity index (χ1v) is 10.4. The summed E-state index contributed by atoms with van der Waals surface area (Å²) in [6, 6.07) is 18.7. The fourth-order valence-electron chi connectivity index (χ4n) is 4.41. The van der Waals surface area contributed by atoms with Crippen molar-refractivity contribution < 1.29 is 14.3 Å². The van der Waals surface area contributed by atoms with Crippen molar-refractivity contribution in [1.29, 1.82) is 0 Å². The molecule has 2 heterocycles. The Morgan fingerprint density at radius 3 is 2.33 bits per heavy atom. The number of benzene rings is 2. The second kappa shape index (κ2) is 8.86. The van der Waals surface area contributed by atoms with Gasteiger partial charge in [0.15, 0.2) is 0 Å². The molecule has 1 aliphatic heterocycles. The molecule has 0 spiro atoms. The standard InChI is InChI=1S/C25H28N2O3/c1-18-13-26(15-21-4-3-5-23(12-21)24-10-11-30-17-24)14-19(2)27(18)16-20-6-8-22(9-7-20)25(28)29/h3-12,17-19H,13-16H2,1-2H3,(H,28,29)/t18-,19+. The zero-order valence-corrected chi connectivity index (χ0v) is 17.5. The molecule has 0 radical (unpaired) electrons. The van der Waals surface area contributed by atoms with Gasteiger partial charge in [0.1, 0.15) is 0 Å². The van der Waals surface area contributed by atoms with Crippen LogP contribution >= 0.6 is 0 Å². The number of nitrogens with zero attached hydrogens (tertiary/aromatic N) is 2. The Bertz CT molecular complexity index is 970. The molecule has 0 amide bonds. The molecule has 1 aromatic heterocycles. The highest BCUT2D eigenvalue weighted by Gasteiger charge is 2.29. The van der Waals surface area contributed by atoms with Crippen molar-refractivity contribution in [2.24, 2.45) is 0 Å². The van der Waals surface area contributed by atoms with Crippen LogP contribution in [-0.2, 0) is 13.1 Å². The van der Waals surface area contributed by atoms with Crippen LogP contribution in [0.2, 0.25) is 0 Å². The van der Waals surface area contributed by atoms with E-state index in [2.05, 4.69) is 47.9 Å². The third kappa shape index (κ3) is 4.64. The Labute approximate surface area is 177 Å². The van der Waals surface area contributed by atoms with Crippen molar-refractivity contribution in [3.8, 4) is 11.1 Å². The number of rotatable bonds is 6. The van der Waals surface area contributed by atoms with Crippen LogP contribution in [0.1, 0.15) is 35.3 Å². The molecule has 3 aromatic rings. The topological polar surface area (TPSA) is 56.9 Å². The highest BCUT2D eigenvalue weighted by molar-refractivity contribution is 5.87. The molecular formula is C25H28N2O3. The van der Waals surface area contributed by atoms with Crippen molar-refractivity contribution >= 4 is 5.97 Å². The van der Waals surface area contributed by atoms with Crippen molar-refractivity contribution in [2.45, 2.75) is 39.0 Å². The molecule has 0 bridgehead atoms. The van der Waals surface area contributed by atoms with Crippen molar-refractivity contribution in [2.75, 3.05) is 13.1 Å². The first-order chi connectivity index (χ1) is 14.5. The van der Waals surface area contributed by atoms with Crippen molar-refractivity contribution in [1.82, 2.24) is 9.80 Å². The first-order valence-electron chi connectivity index (χ1n) is 10.4. The lowest BCUT2D eigenvalue weighted by atomic mass is 10.0. The van der Waals surface area contributed by atoms with Gasteiger partial charge < -0.3 is 9.52 Å². The van der Waals surface area contributed by atoms with Gasteiger partial charge in [0.05, 0.1) is 18.1 Å². The molecule has 1 fully saturated rings. The molecule has 30 heavy (non-hydrogen) atoms. The Kier molecular flexibility index (Phi) is 6.02. The van der Waals surface area contributed by atoms with Crippen molar-refractivity contribution in [3.63, 3.8) is 0 Å². The molecule has 4 rings (SSSR count). The van der Waals surface area contributed by atoms with Gasteiger partial charge in [0, 0.05) is 43.8 Å². The van der Waals surface area contributed by atoms with Crippen molar-refractivity contribution in [3.05, 3.63) is 83.8 Å². The first kappa shape index (κ1) is 20.4. The third-order valence-corrected chi connectivity index (χ3v) is 5.93. The van der Waals surface area contributed by atoms with E-state index in [1.807, 2.05) is 18.2 Å². The molecule has 2 aromatic carbocycles. The maximum Gasteiger partial charge on any atom is 0.335 e. The Balaban J connectivity index is 1.39. The van der Waals surface area contributed by atoms with E-state index in [1.54, 1.807) is 24.7 Å². The van der Waals surface area contributed by atoms with E-state index in [0.29, 0.717) is 17.6 Å². The molecule has 5 nitrogen and oxygen atoms in total. The summed E-state index contributed by atoms with van der Waals surface area (Å²) >= 11 is 0. The Morgan fingerprint density at radius 1 is 0.967 bits per heavy atom. The fourth-order valence-corrected chi connectivity index (χ4v) is 4.41. The van der Waals surface area contributed by atoms with E-state index < -0.39 is 5.97 Å². The summed E-state index contributed by atoms with van der Waals surface area (Å²) in [6.45, 7) is 8.33. The monoisotopic (exact) mass is 404 g/mol. The average Bonchev–Trinajstić information content (AvgIpc) is 3.26. The van der Waals surface area contributed by atoms with Crippen LogP contribution in [0, 0.1) is 0 Å². The smallest absolute Gasteiger partial charge is 0.335 e. The lowest BCUT2D eigenvalue weighted by Gasteiger charge is -2.44. The Morgan fingerprint density at radius 2 is 1.70 bits per heavy atom. The van der Waals surface area contributed by atoms with Crippen LogP contribution in [0.25, 0.3) is 11.1 Å². The number of piperazine rings is 1. The van der Waals surface area contributed by atoms with Crippen LogP contribution in [0.3, 0.4) is 0 Å². The predicted molar refractivity (Wildman–Crippen MR) is 117 cm³/mol. The van der Waals surface area contributed by atoms with Gasteiger partial charge in [-0.3, -0.25) is 9.80 Å². The fraction of sp³-hybridized carbons (Fsp3) is 0.320. The van der Waals surface area contributed by atoms with E-state index in [0.717, 1.165) is 37.3 Å². The number of carboxylic acid groups (broad SMARTS) is 1. The number of carboxylic acids is 1. The highest BCUT2D eigenvalue weighted by atomic mass is 16.4. The van der Waals surface area contributed by atoms with Gasteiger partial charge in [-0.2, -0.15) is 0 Å². The number of hydrogen-bond donors (Lipinski definition) is 1. The summed E-state index contributed by atoms with van der Waals surface area (Å²) in [5, 5.41) is 9.08. The summed E-state index contributed by atoms with van der Waals surface area (Å²) in [6.07, 6.45) is 3.49. The minimum atomic E-state index is -0.881. The maximum atomic E-state index is 11.1. The van der Waals surface area contributed by atoms with Gasteiger partial charge in [-0.25, -0.2) is 4.79 Å². The molecule has 0 unspecified atom stereocenters. The number of furan rings is 1. The minimum absolute atomic E-state index is 0.335. The van der Waals surface area contributed by atoms with Gasteiger partial charge in [-0.05, 0) is 54.8 Å². The van der Waals surface area contributed by atoms with Gasteiger partial charge in [-0.15, -0.1) is 0 Å². The lowest BCUT2D eigenvalue weighted by molar-refractivity contribution is 0.0290. The molecule has 1 saturated heterocycles. The van der Waals surface area contributed by atoms with E-state index in [-0.39, 0.29) is 0 Å². The second-order valence-electron chi connectivity index (χ2n) is 8.28. The number of aromatic carboxylic acids is 1. The normalized spacial score (nSPS) is 20.3. The zero-order chi connectivity index (χ0) is 21.1. The molecule has 156 valence electrons. The van der Waals surface area contributed by atoms with E-state index in [9.17, 15) is 4.79 Å². The summed E-state index contributed by atoms with van der Waals surface area (Å²) < 4.78 is 5.22. The molecular weight excluding hydrogens is 376 g/mol. The van der Waals surface area contributed by atoms with Gasteiger partial charge in [-0.1, -0.05) is 30.3 Å². The average molecular weight is 405 g/mol. The summed E-state index contributed by atoms with van der Waals surface area (Å²) in [7, 11) is 0. The van der Waals surface area contributed by atoms with Crippen LogP contribution in [0.15, 0.2) is 71.5 Å². The summed E-state index contributed by atoms with van der Waals surface area (Å²) in [5.74, 6) is -0.881. The quantitative estimate of drug-likeness (QED) is 0.643. The van der Waals surface area contributed by atoms with Crippen LogP contribution in [0.4, 0.5) is 0 Å². The lowest BCUT2D eigenvalue weighted by Crippen LogP contribution is -2.55. The van der Waals surface area contributed by atoms with Gasteiger partial charge >= 0.3 is 5.97 Å².